The van der Waals surface area contributed by atoms with E-state index in [9.17, 15) is 0 Å². The Hall–Kier alpha value is -0.780. The van der Waals surface area contributed by atoms with E-state index in [-0.39, 0.29) is 0 Å². The van der Waals surface area contributed by atoms with Crippen LogP contribution in [0.1, 0.15) is 83.3 Å². The molecule has 0 aromatic heterocycles. The van der Waals surface area contributed by atoms with Crippen molar-refractivity contribution in [2.24, 2.45) is 0 Å². The largest absolute Gasteiger partial charge is 0.0654 e. The van der Waals surface area contributed by atoms with Gasteiger partial charge in [-0.2, -0.15) is 0 Å². The molecule has 0 bridgehead atoms. The first kappa shape index (κ1) is 16.3. The summed E-state index contributed by atoms with van der Waals surface area (Å²) in [6.07, 6.45) is 10.5. The molecule has 0 atom stereocenters. The van der Waals surface area contributed by atoms with Gasteiger partial charge in [0.25, 0.3) is 0 Å². The first-order valence-corrected chi connectivity index (χ1v) is 8.11. The molecule has 0 heteroatoms. The van der Waals surface area contributed by atoms with Gasteiger partial charge in [-0.05, 0) is 42.7 Å². The number of rotatable bonds is 9. The molecule has 0 aliphatic carbocycles. The first-order valence-electron chi connectivity index (χ1n) is 8.11. The molecule has 0 aliphatic rings. The van der Waals surface area contributed by atoms with Crippen molar-refractivity contribution in [3.63, 3.8) is 0 Å². The van der Waals surface area contributed by atoms with Crippen LogP contribution < -0.4 is 0 Å². The fourth-order valence-corrected chi connectivity index (χ4v) is 3.49. The number of unbranched alkanes of at least 4 members (excludes halogenated alkanes) is 2. The third-order valence-corrected chi connectivity index (χ3v) is 4.30. The summed E-state index contributed by atoms with van der Waals surface area (Å²) in [4.78, 5) is 0. The van der Waals surface area contributed by atoms with E-state index in [1.165, 1.54) is 62.5 Å². The average Bonchev–Trinajstić information content (AvgIpc) is 2.40. The molecular weight excluding hydrogens is 228 g/mol. The summed E-state index contributed by atoms with van der Waals surface area (Å²) in [6.45, 7) is 11.2. The highest BCUT2D eigenvalue weighted by atomic mass is 14.3. The monoisotopic (exact) mass is 259 g/mol. The Morgan fingerprint density at radius 2 is 1.47 bits per heavy atom. The molecule has 1 aromatic carbocycles. The van der Waals surface area contributed by atoms with Crippen LogP contribution in [0.25, 0.3) is 0 Å². The summed E-state index contributed by atoms with van der Waals surface area (Å²) in [5.41, 5.74) is 3.12. The van der Waals surface area contributed by atoms with Crippen molar-refractivity contribution in [3.05, 3.63) is 42.3 Å². The van der Waals surface area contributed by atoms with Gasteiger partial charge in [-0.3, -0.25) is 0 Å². The zero-order valence-corrected chi connectivity index (χ0v) is 13.2. The van der Waals surface area contributed by atoms with Crippen LogP contribution in [0.5, 0.6) is 0 Å². The molecule has 0 fully saturated rings. The van der Waals surface area contributed by atoms with Crippen molar-refractivity contribution in [1.29, 1.82) is 0 Å². The number of benzene rings is 1. The van der Waals surface area contributed by atoms with Crippen LogP contribution in [-0.2, 0) is 5.41 Å². The summed E-state index contributed by atoms with van der Waals surface area (Å²) >= 11 is 0. The third-order valence-electron chi connectivity index (χ3n) is 4.30. The van der Waals surface area contributed by atoms with Crippen molar-refractivity contribution in [1.82, 2.24) is 0 Å². The Morgan fingerprint density at radius 1 is 0.842 bits per heavy atom. The number of hydrogen-bond acceptors (Lipinski definition) is 0. The second-order valence-electron chi connectivity index (χ2n) is 5.89. The molecule has 0 amide bonds. The molecule has 0 saturated carbocycles. The van der Waals surface area contributed by atoms with Crippen molar-refractivity contribution in [3.8, 4) is 0 Å². The van der Waals surface area contributed by atoms with Crippen molar-refractivity contribution < 1.29 is 0 Å². The van der Waals surface area contributed by atoms with Crippen LogP contribution in [0.3, 0.4) is 0 Å². The smallest absolute Gasteiger partial charge is 0.00444 e. The third kappa shape index (κ3) is 4.37. The quantitative estimate of drug-likeness (QED) is 0.457. The van der Waals surface area contributed by atoms with E-state index < -0.39 is 0 Å². The highest BCUT2D eigenvalue weighted by Crippen LogP contribution is 2.40. The summed E-state index contributed by atoms with van der Waals surface area (Å²) in [5.74, 6) is 0. The molecule has 0 nitrogen and oxygen atoms in total. The summed E-state index contributed by atoms with van der Waals surface area (Å²) < 4.78 is 0. The standard InChI is InChI=1S/C19H31/c1-5-8-11-16-19(14-6-2,15-7-3)18-13-10-9-12-17(18)4/h9-10,12-13H,4-8,11,14-16H2,1-3H3. The van der Waals surface area contributed by atoms with Crippen molar-refractivity contribution in [2.75, 3.05) is 0 Å². The molecule has 1 radical (unpaired) electrons. The fraction of sp³-hybridized carbons (Fsp3) is 0.632. The van der Waals surface area contributed by atoms with Crippen LogP contribution in [0.4, 0.5) is 0 Å². The van der Waals surface area contributed by atoms with Gasteiger partial charge in [0.15, 0.2) is 0 Å². The maximum atomic E-state index is 4.28. The molecule has 0 spiro atoms. The topological polar surface area (TPSA) is 0 Å². The van der Waals surface area contributed by atoms with Gasteiger partial charge in [-0.15, -0.1) is 0 Å². The lowest BCUT2D eigenvalue weighted by atomic mass is 9.69. The van der Waals surface area contributed by atoms with Gasteiger partial charge in [-0.25, -0.2) is 0 Å². The van der Waals surface area contributed by atoms with Crippen LogP contribution in [-0.4, -0.2) is 0 Å². The maximum absolute atomic E-state index is 4.28. The Balaban J connectivity index is 3.03. The minimum Gasteiger partial charge on any atom is -0.0654 e. The van der Waals surface area contributed by atoms with E-state index in [4.69, 9.17) is 0 Å². The van der Waals surface area contributed by atoms with Gasteiger partial charge in [-0.1, -0.05) is 77.1 Å². The van der Waals surface area contributed by atoms with Crippen LogP contribution in [0, 0.1) is 6.92 Å². The van der Waals surface area contributed by atoms with E-state index >= 15 is 0 Å². The minimum absolute atomic E-state index is 0.372. The maximum Gasteiger partial charge on any atom is -0.00444 e. The lowest BCUT2D eigenvalue weighted by Crippen LogP contribution is -2.27. The molecule has 1 aromatic rings. The predicted molar refractivity (Wildman–Crippen MR) is 86.5 cm³/mol. The molecule has 0 aliphatic heterocycles. The van der Waals surface area contributed by atoms with Gasteiger partial charge in [0.1, 0.15) is 0 Å². The van der Waals surface area contributed by atoms with Crippen molar-refractivity contribution in [2.45, 2.75) is 77.6 Å². The molecule has 0 unspecified atom stereocenters. The molecule has 19 heavy (non-hydrogen) atoms. The van der Waals surface area contributed by atoms with Crippen LogP contribution >= 0.6 is 0 Å². The number of hydrogen-bond donors (Lipinski definition) is 0. The van der Waals surface area contributed by atoms with E-state index in [1.54, 1.807) is 0 Å². The van der Waals surface area contributed by atoms with E-state index in [1.807, 2.05) is 0 Å². The van der Waals surface area contributed by atoms with Gasteiger partial charge in [0.2, 0.25) is 0 Å². The fourth-order valence-electron chi connectivity index (χ4n) is 3.49. The Morgan fingerprint density at radius 3 is 2.00 bits per heavy atom. The molecule has 107 valence electrons. The Bertz CT molecular complexity index is 345. The molecule has 1 rings (SSSR count). The minimum atomic E-state index is 0.372. The highest BCUT2D eigenvalue weighted by molar-refractivity contribution is 5.36. The van der Waals surface area contributed by atoms with Gasteiger partial charge >= 0.3 is 0 Å². The summed E-state index contributed by atoms with van der Waals surface area (Å²) in [6, 6.07) is 8.79. The Kier molecular flexibility index (Phi) is 7.20. The van der Waals surface area contributed by atoms with Crippen LogP contribution in [0.2, 0.25) is 0 Å². The molecular formula is C19H31. The predicted octanol–water partition coefficient (Wildman–Crippen LogP) is 6.29. The SMILES string of the molecule is [CH2]c1ccccc1C(CCC)(CCC)CCCCC. The average molecular weight is 259 g/mol. The summed E-state index contributed by atoms with van der Waals surface area (Å²) in [7, 11) is 0. The normalized spacial score (nSPS) is 11.8. The first-order chi connectivity index (χ1) is 9.20. The lowest BCUT2D eigenvalue weighted by Gasteiger charge is -2.36. The second kappa shape index (κ2) is 8.40. The molecule has 0 N–H and O–H groups in total. The van der Waals surface area contributed by atoms with Crippen LogP contribution in [0.15, 0.2) is 24.3 Å². The zero-order chi connectivity index (χ0) is 14.1. The van der Waals surface area contributed by atoms with Gasteiger partial charge in [0, 0.05) is 0 Å². The lowest BCUT2D eigenvalue weighted by molar-refractivity contribution is 0.317. The van der Waals surface area contributed by atoms with Gasteiger partial charge in [0.05, 0.1) is 0 Å². The molecule has 0 saturated heterocycles. The zero-order valence-electron chi connectivity index (χ0n) is 13.2. The van der Waals surface area contributed by atoms with E-state index in [2.05, 4.69) is 52.0 Å². The second-order valence-corrected chi connectivity index (χ2v) is 5.89. The summed E-state index contributed by atoms with van der Waals surface area (Å²) in [5, 5.41) is 0. The van der Waals surface area contributed by atoms with Gasteiger partial charge < -0.3 is 0 Å². The van der Waals surface area contributed by atoms with E-state index in [0.29, 0.717) is 5.41 Å². The highest BCUT2D eigenvalue weighted by Gasteiger charge is 2.30. The van der Waals surface area contributed by atoms with Crippen molar-refractivity contribution >= 4 is 0 Å². The Labute approximate surface area is 120 Å². The molecule has 0 heterocycles. The van der Waals surface area contributed by atoms with E-state index in [0.717, 1.165) is 0 Å².